The molecule has 0 bridgehead atoms. The fourth-order valence-corrected chi connectivity index (χ4v) is 1.99. The summed E-state index contributed by atoms with van der Waals surface area (Å²) in [7, 11) is 1.51. The molecule has 0 saturated carbocycles. The largest absolute Gasteiger partial charge is 0.497 e. The van der Waals surface area contributed by atoms with Gasteiger partial charge in [0.15, 0.2) is 5.43 Å². The molecule has 0 aliphatic carbocycles. The van der Waals surface area contributed by atoms with Crippen molar-refractivity contribution in [3.05, 3.63) is 45.9 Å². The van der Waals surface area contributed by atoms with Gasteiger partial charge in [-0.25, -0.2) is 4.79 Å². The van der Waals surface area contributed by atoms with Crippen molar-refractivity contribution in [1.82, 2.24) is 10.6 Å². The summed E-state index contributed by atoms with van der Waals surface area (Å²) in [5.74, 6) is -0.0200. The minimum absolute atomic E-state index is 0.000150. The van der Waals surface area contributed by atoms with Gasteiger partial charge in [-0.05, 0) is 18.2 Å². The van der Waals surface area contributed by atoms with Crippen molar-refractivity contribution >= 4 is 29.0 Å². The lowest BCUT2D eigenvalue weighted by atomic mass is 10.1. The lowest BCUT2D eigenvalue weighted by Crippen LogP contribution is -2.22. The Hall–Kier alpha value is -3.09. The molecule has 0 spiro atoms. The Morgan fingerprint density at radius 2 is 2.00 bits per heavy atom. The molecule has 21 heavy (non-hydrogen) atoms. The first-order chi connectivity index (χ1) is 10.1. The summed E-state index contributed by atoms with van der Waals surface area (Å²) in [6, 6.07) is 4.19. The molecule has 7 heteroatoms. The molecular weight excluding hydrogens is 276 g/mol. The number of imide groups is 1. The summed E-state index contributed by atoms with van der Waals surface area (Å²) in [6.07, 6.45) is 2.50. The molecule has 2 aromatic rings. The Morgan fingerprint density at radius 3 is 2.67 bits per heavy atom. The Morgan fingerprint density at radius 1 is 1.19 bits per heavy atom. The SMILES string of the molecule is COc1ccc2c(=O)c(/C=C3\NC(=O)NC3=O)coc2c1. The lowest BCUT2D eigenvalue weighted by molar-refractivity contribution is -0.115. The van der Waals surface area contributed by atoms with Crippen LogP contribution < -0.4 is 20.8 Å². The van der Waals surface area contributed by atoms with Gasteiger partial charge in [-0.3, -0.25) is 14.9 Å². The highest BCUT2D eigenvalue weighted by molar-refractivity contribution is 6.14. The maximum atomic E-state index is 12.3. The zero-order valence-corrected chi connectivity index (χ0v) is 10.9. The molecule has 1 aromatic carbocycles. The van der Waals surface area contributed by atoms with Gasteiger partial charge < -0.3 is 14.5 Å². The maximum Gasteiger partial charge on any atom is 0.326 e. The van der Waals surface area contributed by atoms with E-state index in [9.17, 15) is 14.4 Å². The topological polar surface area (TPSA) is 97.6 Å². The van der Waals surface area contributed by atoms with Crippen molar-refractivity contribution in [2.75, 3.05) is 7.11 Å². The molecule has 0 unspecified atom stereocenters. The third-order valence-electron chi connectivity index (χ3n) is 3.03. The van der Waals surface area contributed by atoms with Gasteiger partial charge in [0.1, 0.15) is 23.3 Å². The van der Waals surface area contributed by atoms with Crippen LogP contribution in [-0.2, 0) is 4.79 Å². The second-order valence-electron chi connectivity index (χ2n) is 4.35. The standard InChI is InChI=1S/C14H10N2O5/c1-20-8-2-3-9-11(5-8)21-6-7(12(9)17)4-10-13(18)16-14(19)15-10/h2-6H,1H3,(H2,15,16,18,19)/b10-4-. The minimum Gasteiger partial charge on any atom is -0.497 e. The highest BCUT2D eigenvalue weighted by Gasteiger charge is 2.23. The van der Waals surface area contributed by atoms with Crippen LogP contribution in [0.2, 0.25) is 0 Å². The van der Waals surface area contributed by atoms with E-state index in [4.69, 9.17) is 9.15 Å². The maximum absolute atomic E-state index is 12.3. The van der Waals surface area contributed by atoms with Crippen molar-refractivity contribution in [2.24, 2.45) is 0 Å². The molecule has 2 heterocycles. The molecule has 7 nitrogen and oxygen atoms in total. The molecular formula is C14H10N2O5. The van der Waals surface area contributed by atoms with Crippen LogP contribution in [0.3, 0.4) is 0 Å². The van der Waals surface area contributed by atoms with E-state index in [-0.39, 0.29) is 16.7 Å². The summed E-state index contributed by atoms with van der Waals surface area (Å²) in [6.45, 7) is 0. The first-order valence-electron chi connectivity index (χ1n) is 6.02. The molecule has 1 aliphatic heterocycles. The molecule has 1 aliphatic rings. The fourth-order valence-electron chi connectivity index (χ4n) is 1.99. The first-order valence-corrected chi connectivity index (χ1v) is 6.02. The molecule has 3 amide bonds. The van der Waals surface area contributed by atoms with E-state index in [0.717, 1.165) is 0 Å². The van der Waals surface area contributed by atoms with Gasteiger partial charge in [0.2, 0.25) is 0 Å². The van der Waals surface area contributed by atoms with E-state index in [0.29, 0.717) is 16.7 Å². The zero-order valence-electron chi connectivity index (χ0n) is 10.9. The second kappa shape index (κ2) is 4.78. The van der Waals surface area contributed by atoms with Crippen LogP contribution in [0.4, 0.5) is 4.79 Å². The van der Waals surface area contributed by atoms with Crippen molar-refractivity contribution < 1.29 is 18.7 Å². The van der Waals surface area contributed by atoms with Gasteiger partial charge in [0, 0.05) is 6.07 Å². The minimum atomic E-state index is -0.624. The van der Waals surface area contributed by atoms with Gasteiger partial charge in [0.05, 0.1) is 18.1 Å². The van der Waals surface area contributed by atoms with Crippen LogP contribution in [0.1, 0.15) is 5.56 Å². The number of hydrogen-bond acceptors (Lipinski definition) is 5. The predicted octanol–water partition coefficient (Wildman–Crippen LogP) is 0.982. The van der Waals surface area contributed by atoms with Gasteiger partial charge in [-0.2, -0.15) is 0 Å². The van der Waals surface area contributed by atoms with E-state index >= 15 is 0 Å². The average molecular weight is 286 g/mol. The van der Waals surface area contributed by atoms with E-state index < -0.39 is 11.9 Å². The zero-order chi connectivity index (χ0) is 15.0. The Bertz CT molecular complexity index is 850. The Labute approximate surface area is 118 Å². The van der Waals surface area contributed by atoms with Crippen LogP contribution >= 0.6 is 0 Å². The monoisotopic (exact) mass is 286 g/mol. The number of nitrogens with one attached hydrogen (secondary N) is 2. The van der Waals surface area contributed by atoms with Crippen LogP contribution in [0, 0.1) is 0 Å². The molecule has 0 radical (unpaired) electrons. The third-order valence-corrected chi connectivity index (χ3v) is 3.03. The van der Waals surface area contributed by atoms with Crippen LogP contribution in [0.5, 0.6) is 5.75 Å². The van der Waals surface area contributed by atoms with Crippen molar-refractivity contribution in [3.8, 4) is 5.75 Å². The van der Waals surface area contributed by atoms with E-state index in [1.807, 2.05) is 0 Å². The summed E-state index contributed by atoms with van der Waals surface area (Å²) >= 11 is 0. The van der Waals surface area contributed by atoms with Crippen LogP contribution in [0.15, 0.2) is 39.4 Å². The van der Waals surface area contributed by atoms with E-state index in [2.05, 4.69) is 10.6 Å². The number of carbonyl (C=O) groups is 2. The number of amides is 3. The van der Waals surface area contributed by atoms with Gasteiger partial charge in [0.25, 0.3) is 5.91 Å². The summed E-state index contributed by atoms with van der Waals surface area (Å²) in [4.78, 5) is 34.8. The molecule has 2 N–H and O–H groups in total. The number of ether oxygens (including phenoxy) is 1. The molecule has 3 rings (SSSR count). The number of fused-ring (bicyclic) bond motifs is 1. The summed E-state index contributed by atoms with van der Waals surface area (Å²) in [5.41, 5.74) is 0.238. The fraction of sp³-hybridized carbons (Fsp3) is 0.0714. The van der Waals surface area contributed by atoms with Crippen molar-refractivity contribution in [2.45, 2.75) is 0 Å². The number of rotatable bonds is 2. The average Bonchev–Trinajstić information content (AvgIpc) is 2.79. The molecule has 1 saturated heterocycles. The molecule has 1 aromatic heterocycles. The number of methoxy groups -OCH3 is 1. The molecule has 0 atom stereocenters. The second-order valence-corrected chi connectivity index (χ2v) is 4.35. The van der Waals surface area contributed by atoms with Crippen LogP contribution in [-0.4, -0.2) is 19.0 Å². The Kier molecular flexibility index (Phi) is 2.94. The normalized spacial score (nSPS) is 16.1. The highest BCUT2D eigenvalue weighted by atomic mass is 16.5. The summed E-state index contributed by atoms with van der Waals surface area (Å²) in [5, 5.41) is 4.72. The third kappa shape index (κ3) is 2.25. The number of carbonyl (C=O) groups excluding carboxylic acids is 2. The highest BCUT2D eigenvalue weighted by Crippen LogP contribution is 2.19. The Balaban J connectivity index is 2.11. The van der Waals surface area contributed by atoms with Crippen molar-refractivity contribution in [1.29, 1.82) is 0 Å². The number of benzene rings is 1. The smallest absolute Gasteiger partial charge is 0.326 e. The predicted molar refractivity (Wildman–Crippen MR) is 73.7 cm³/mol. The number of hydrogen-bond donors (Lipinski definition) is 2. The molecule has 106 valence electrons. The van der Waals surface area contributed by atoms with Gasteiger partial charge in [-0.15, -0.1) is 0 Å². The summed E-state index contributed by atoms with van der Waals surface area (Å²) < 4.78 is 10.4. The quantitative estimate of drug-likeness (QED) is 0.633. The van der Waals surface area contributed by atoms with Crippen molar-refractivity contribution in [3.63, 3.8) is 0 Å². The van der Waals surface area contributed by atoms with Crippen LogP contribution in [0.25, 0.3) is 17.0 Å². The van der Waals surface area contributed by atoms with Gasteiger partial charge in [-0.1, -0.05) is 0 Å². The lowest BCUT2D eigenvalue weighted by Gasteiger charge is -2.02. The van der Waals surface area contributed by atoms with E-state index in [1.54, 1.807) is 18.2 Å². The molecule has 1 fully saturated rings. The van der Waals surface area contributed by atoms with Gasteiger partial charge >= 0.3 is 6.03 Å². The van der Waals surface area contributed by atoms with E-state index in [1.165, 1.54) is 19.4 Å². The first kappa shape index (κ1) is 12.9. The number of urea groups is 1.